The van der Waals surface area contributed by atoms with E-state index in [0.29, 0.717) is 5.69 Å². The van der Waals surface area contributed by atoms with Crippen LogP contribution >= 0.6 is 0 Å². The van der Waals surface area contributed by atoms with Crippen molar-refractivity contribution in [2.24, 2.45) is 5.10 Å². The molecule has 0 fully saturated rings. The Kier molecular flexibility index (Phi) is 2.88. The van der Waals surface area contributed by atoms with E-state index < -0.39 is 0 Å². The average molecular weight is 260 g/mol. The molecule has 2 aromatic rings. The van der Waals surface area contributed by atoms with E-state index in [2.05, 4.69) is 21.3 Å². The minimum Gasteiger partial charge on any atom is -0.271 e. The third kappa shape index (κ3) is 2.04. The van der Waals surface area contributed by atoms with Crippen LogP contribution in [0.25, 0.3) is 5.69 Å². The minimum absolute atomic E-state index is 0.311. The summed E-state index contributed by atoms with van der Waals surface area (Å²) < 4.78 is 15.2. The standard InChI is InChI=1S/C12H13FN6/c1-2-18-12(15-16-17-18)9-7-14-19(8-9)11-6-4-3-5-10(11)13/h3-8,16-17H,2H2,1H3. The van der Waals surface area contributed by atoms with Gasteiger partial charge < -0.3 is 0 Å². The van der Waals surface area contributed by atoms with Crippen molar-refractivity contribution in [1.82, 2.24) is 25.9 Å². The van der Waals surface area contributed by atoms with Gasteiger partial charge in [-0.1, -0.05) is 12.1 Å². The first-order chi connectivity index (χ1) is 9.29. The average Bonchev–Trinajstić information content (AvgIpc) is 3.07. The van der Waals surface area contributed by atoms with Gasteiger partial charge in [-0.3, -0.25) is 5.01 Å². The highest BCUT2D eigenvalue weighted by Gasteiger charge is 2.19. The van der Waals surface area contributed by atoms with E-state index in [9.17, 15) is 4.39 Å². The van der Waals surface area contributed by atoms with Gasteiger partial charge in [0, 0.05) is 12.7 Å². The van der Waals surface area contributed by atoms with Gasteiger partial charge in [0.25, 0.3) is 0 Å². The molecular formula is C12H13FN6. The number of aromatic nitrogens is 2. The maximum absolute atomic E-state index is 13.7. The zero-order chi connectivity index (χ0) is 13.2. The van der Waals surface area contributed by atoms with Crippen LogP contribution in [0.5, 0.6) is 0 Å². The number of hydrazone groups is 1. The lowest BCUT2D eigenvalue weighted by Crippen LogP contribution is -2.40. The number of nitrogens with zero attached hydrogens (tertiary/aromatic N) is 4. The highest BCUT2D eigenvalue weighted by atomic mass is 19.1. The summed E-state index contributed by atoms with van der Waals surface area (Å²) in [5, 5.41) is 10.1. The summed E-state index contributed by atoms with van der Waals surface area (Å²) in [6.45, 7) is 2.74. The maximum atomic E-state index is 13.7. The molecule has 1 aliphatic heterocycles. The molecule has 6 nitrogen and oxygen atoms in total. The van der Waals surface area contributed by atoms with Crippen molar-refractivity contribution < 1.29 is 4.39 Å². The lowest BCUT2D eigenvalue weighted by atomic mass is 10.3. The number of hydrogen-bond donors (Lipinski definition) is 2. The van der Waals surface area contributed by atoms with Gasteiger partial charge in [-0.05, 0) is 19.1 Å². The normalized spacial score (nSPS) is 14.4. The van der Waals surface area contributed by atoms with Crippen molar-refractivity contribution in [3.63, 3.8) is 0 Å². The first-order valence-electron chi connectivity index (χ1n) is 5.95. The maximum Gasteiger partial charge on any atom is 0.176 e. The Morgan fingerprint density at radius 1 is 1.32 bits per heavy atom. The summed E-state index contributed by atoms with van der Waals surface area (Å²) in [6, 6.07) is 6.51. The van der Waals surface area contributed by atoms with Crippen LogP contribution < -0.4 is 11.1 Å². The van der Waals surface area contributed by atoms with Crippen LogP contribution in [0.4, 0.5) is 4.39 Å². The third-order valence-electron chi connectivity index (χ3n) is 2.86. The molecule has 7 heteroatoms. The number of benzene rings is 1. The number of nitrogens with one attached hydrogen (secondary N) is 2. The van der Waals surface area contributed by atoms with Crippen LogP contribution in [-0.2, 0) is 0 Å². The second-order valence-corrected chi connectivity index (χ2v) is 4.03. The minimum atomic E-state index is -0.311. The molecule has 0 atom stereocenters. The monoisotopic (exact) mass is 260 g/mol. The fraction of sp³-hybridized carbons (Fsp3) is 0.167. The zero-order valence-corrected chi connectivity index (χ0v) is 10.3. The summed E-state index contributed by atoms with van der Waals surface area (Å²) in [4.78, 5) is 0. The predicted octanol–water partition coefficient (Wildman–Crippen LogP) is 1.02. The molecule has 0 amide bonds. The van der Waals surface area contributed by atoms with Crippen molar-refractivity contribution in [1.29, 1.82) is 0 Å². The highest BCUT2D eigenvalue weighted by Crippen LogP contribution is 2.14. The molecule has 98 valence electrons. The van der Waals surface area contributed by atoms with E-state index in [4.69, 9.17) is 0 Å². The fourth-order valence-corrected chi connectivity index (χ4v) is 1.91. The van der Waals surface area contributed by atoms with Crippen LogP contribution in [0.1, 0.15) is 12.5 Å². The molecular weight excluding hydrogens is 247 g/mol. The van der Waals surface area contributed by atoms with Gasteiger partial charge in [-0.2, -0.15) is 5.10 Å². The molecule has 3 rings (SSSR count). The van der Waals surface area contributed by atoms with E-state index in [1.807, 2.05) is 11.9 Å². The SMILES string of the molecule is CCN1NNN=C1c1cnn(-c2ccccc2F)c1. The van der Waals surface area contributed by atoms with Gasteiger partial charge in [0.2, 0.25) is 0 Å². The molecule has 1 aromatic heterocycles. The number of hydrogen-bond acceptors (Lipinski definition) is 5. The summed E-state index contributed by atoms with van der Waals surface area (Å²) in [7, 11) is 0. The molecule has 0 unspecified atom stereocenters. The Bertz CT molecular complexity index is 620. The van der Waals surface area contributed by atoms with E-state index in [1.165, 1.54) is 10.7 Å². The Morgan fingerprint density at radius 2 is 2.16 bits per heavy atom. The van der Waals surface area contributed by atoms with Crippen LogP contribution in [-0.4, -0.2) is 27.2 Å². The molecule has 19 heavy (non-hydrogen) atoms. The largest absolute Gasteiger partial charge is 0.271 e. The van der Waals surface area contributed by atoms with E-state index in [1.54, 1.807) is 30.6 Å². The molecule has 0 saturated carbocycles. The molecule has 1 aromatic carbocycles. The lowest BCUT2D eigenvalue weighted by Gasteiger charge is -2.14. The zero-order valence-electron chi connectivity index (χ0n) is 10.3. The number of rotatable bonds is 3. The molecule has 0 radical (unpaired) electrons. The lowest BCUT2D eigenvalue weighted by molar-refractivity contribution is 0.308. The summed E-state index contributed by atoms with van der Waals surface area (Å²) in [5.41, 5.74) is 6.79. The second kappa shape index (κ2) is 4.69. The second-order valence-electron chi connectivity index (χ2n) is 4.03. The Morgan fingerprint density at radius 3 is 2.95 bits per heavy atom. The number of hydrazine groups is 2. The number of halogens is 1. The van der Waals surface area contributed by atoms with Crippen molar-refractivity contribution in [2.45, 2.75) is 6.92 Å². The molecule has 0 spiro atoms. The summed E-state index contributed by atoms with van der Waals surface area (Å²) >= 11 is 0. The Hall–Kier alpha value is -2.41. The number of para-hydroxylation sites is 1. The molecule has 1 aliphatic rings. The predicted molar refractivity (Wildman–Crippen MR) is 68.7 cm³/mol. The molecule has 0 saturated heterocycles. The smallest absolute Gasteiger partial charge is 0.176 e. The molecule has 0 aliphatic carbocycles. The van der Waals surface area contributed by atoms with Crippen molar-refractivity contribution in [2.75, 3.05) is 6.54 Å². The van der Waals surface area contributed by atoms with E-state index >= 15 is 0 Å². The van der Waals surface area contributed by atoms with Crippen molar-refractivity contribution in [3.8, 4) is 5.69 Å². The first-order valence-corrected chi connectivity index (χ1v) is 5.95. The van der Waals surface area contributed by atoms with Gasteiger partial charge in [-0.15, -0.1) is 10.6 Å². The van der Waals surface area contributed by atoms with Gasteiger partial charge in [0.15, 0.2) is 5.84 Å². The Labute approximate surface area is 109 Å². The first kappa shape index (κ1) is 11.7. The van der Waals surface area contributed by atoms with Crippen molar-refractivity contribution in [3.05, 3.63) is 48.0 Å². The molecule has 2 N–H and O–H groups in total. The highest BCUT2D eigenvalue weighted by molar-refractivity contribution is 5.98. The van der Waals surface area contributed by atoms with E-state index in [0.717, 1.165) is 17.9 Å². The molecule has 0 bridgehead atoms. The number of amidine groups is 1. The van der Waals surface area contributed by atoms with Gasteiger partial charge >= 0.3 is 0 Å². The van der Waals surface area contributed by atoms with Crippen LogP contribution in [0.15, 0.2) is 41.8 Å². The topological polar surface area (TPSA) is 57.5 Å². The van der Waals surface area contributed by atoms with Crippen LogP contribution in [0.3, 0.4) is 0 Å². The quantitative estimate of drug-likeness (QED) is 0.865. The van der Waals surface area contributed by atoms with Crippen molar-refractivity contribution >= 4 is 5.84 Å². The Balaban J connectivity index is 1.94. The van der Waals surface area contributed by atoms with Crippen LogP contribution in [0.2, 0.25) is 0 Å². The van der Waals surface area contributed by atoms with Gasteiger partial charge in [0.05, 0.1) is 11.8 Å². The van der Waals surface area contributed by atoms with Gasteiger partial charge in [0.1, 0.15) is 11.5 Å². The third-order valence-corrected chi connectivity index (χ3v) is 2.86. The molecule has 2 heterocycles. The summed E-state index contributed by atoms with van der Waals surface area (Å²) in [5.74, 6) is 0.416. The summed E-state index contributed by atoms with van der Waals surface area (Å²) in [6.07, 6.45) is 3.40. The van der Waals surface area contributed by atoms with E-state index in [-0.39, 0.29) is 5.82 Å². The van der Waals surface area contributed by atoms with Gasteiger partial charge in [-0.25, -0.2) is 14.6 Å². The van der Waals surface area contributed by atoms with Crippen LogP contribution in [0, 0.1) is 5.82 Å². The fourth-order valence-electron chi connectivity index (χ4n) is 1.91.